The van der Waals surface area contributed by atoms with Gasteiger partial charge in [0.25, 0.3) is 0 Å². The van der Waals surface area contributed by atoms with Gasteiger partial charge >= 0.3 is 6.18 Å². The van der Waals surface area contributed by atoms with Crippen LogP contribution in [0.3, 0.4) is 0 Å². The Kier molecular flexibility index (Phi) is 4.37. The average Bonchev–Trinajstić information content (AvgIpc) is 3.35. The Bertz CT molecular complexity index is 1030. The number of hydrogen-bond donors (Lipinski definition) is 1. The van der Waals surface area contributed by atoms with Crippen molar-refractivity contribution in [3.8, 4) is 11.3 Å². The molecule has 1 fully saturated rings. The third-order valence-corrected chi connectivity index (χ3v) is 4.68. The van der Waals surface area contributed by atoms with Crippen molar-refractivity contribution in [3.05, 3.63) is 60.0 Å². The Labute approximate surface area is 158 Å². The second-order valence-corrected chi connectivity index (χ2v) is 6.69. The van der Waals surface area contributed by atoms with E-state index in [0.29, 0.717) is 12.1 Å². The Balaban J connectivity index is 1.48. The molecule has 0 aliphatic heterocycles. The van der Waals surface area contributed by atoms with Gasteiger partial charge in [0, 0.05) is 30.9 Å². The van der Waals surface area contributed by atoms with E-state index in [4.69, 9.17) is 0 Å². The van der Waals surface area contributed by atoms with Crippen molar-refractivity contribution in [2.75, 3.05) is 5.32 Å². The number of anilines is 1. The number of hydrogen-bond acceptors (Lipinski definition) is 4. The largest absolute Gasteiger partial charge is 0.416 e. The number of nitrogens with zero attached hydrogens (tertiary/aromatic N) is 4. The summed E-state index contributed by atoms with van der Waals surface area (Å²) in [7, 11) is 1.78. The van der Waals surface area contributed by atoms with Crippen molar-refractivity contribution in [3.63, 3.8) is 0 Å². The minimum Gasteiger partial charge on any atom is -0.294 e. The molecule has 28 heavy (non-hydrogen) atoms. The lowest BCUT2D eigenvalue weighted by Gasteiger charge is -2.12. The smallest absolute Gasteiger partial charge is 0.294 e. The van der Waals surface area contributed by atoms with Gasteiger partial charge in [-0.05, 0) is 30.0 Å². The summed E-state index contributed by atoms with van der Waals surface area (Å²) in [6.07, 6.45) is 0.842. The predicted molar refractivity (Wildman–Crippen MR) is 95.2 cm³/mol. The van der Waals surface area contributed by atoms with E-state index in [0.717, 1.165) is 11.6 Å². The van der Waals surface area contributed by atoms with Crippen LogP contribution < -0.4 is 5.32 Å². The Morgan fingerprint density at radius 1 is 1.25 bits per heavy atom. The van der Waals surface area contributed by atoms with Gasteiger partial charge in [0.15, 0.2) is 0 Å². The van der Waals surface area contributed by atoms with Gasteiger partial charge in [-0.2, -0.15) is 18.3 Å². The van der Waals surface area contributed by atoms with Crippen LogP contribution in [-0.2, 0) is 18.0 Å². The number of carbonyl (C=O) groups excluding carboxylic acids is 1. The van der Waals surface area contributed by atoms with Gasteiger partial charge in [-0.1, -0.05) is 18.2 Å². The normalized spacial score (nSPS) is 18.7. The molecule has 2 aromatic heterocycles. The number of rotatable bonds is 4. The number of halogens is 3. The molecule has 1 N–H and O–H groups in total. The van der Waals surface area contributed by atoms with Crippen LogP contribution in [0.25, 0.3) is 11.3 Å². The van der Waals surface area contributed by atoms with Crippen molar-refractivity contribution < 1.29 is 18.0 Å². The van der Waals surface area contributed by atoms with Crippen LogP contribution in [0, 0.1) is 5.92 Å². The molecule has 1 saturated carbocycles. The van der Waals surface area contributed by atoms with E-state index in [1.165, 1.54) is 18.3 Å². The van der Waals surface area contributed by atoms with E-state index in [-0.39, 0.29) is 17.4 Å². The highest BCUT2D eigenvalue weighted by molar-refractivity contribution is 5.94. The van der Waals surface area contributed by atoms with Gasteiger partial charge < -0.3 is 0 Å². The second-order valence-electron chi connectivity index (χ2n) is 6.69. The first kappa shape index (κ1) is 18.1. The molecule has 1 aliphatic rings. The number of aryl methyl sites for hydroxylation is 1. The highest BCUT2D eigenvalue weighted by atomic mass is 19.4. The lowest BCUT2D eigenvalue weighted by molar-refractivity contribution is -0.138. The van der Waals surface area contributed by atoms with Crippen molar-refractivity contribution in [2.45, 2.75) is 18.5 Å². The van der Waals surface area contributed by atoms with Crippen molar-refractivity contribution >= 4 is 11.9 Å². The molecule has 9 heteroatoms. The van der Waals surface area contributed by atoms with Crippen LogP contribution in [0.15, 0.2) is 48.9 Å². The lowest BCUT2D eigenvalue weighted by Crippen LogP contribution is -2.17. The summed E-state index contributed by atoms with van der Waals surface area (Å²) in [5, 5.41) is 6.68. The Morgan fingerprint density at radius 2 is 2.04 bits per heavy atom. The van der Waals surface area contributed by atoms with Crippen LogP contribution in [0.4, 0.5) is 19.1 Å². The van der Waals surface area contributed by atoms with Crippen LogP contribution >= 0.6 is 0 Å². The van der Waals surface area contributed by atoms with Gasteiger partial charge in [0.2, 0.25) is 11.9 Å². The lowest BCUT2D eigenvalue weighted by atomic mass is 10.0. The predicted octanol–water partition coefficient (Wildman–Crippen LogP) is 3.64. The molecule has 1 amide bonds. The zero-order chi connectivity index (χ0) is 19.9. The van der Waals surface area contributed by atoms with E-state index in [2.05, 4.69) is 20.4 Å². The van der Waals surface area contributed by atoms with E-state index < -0.39 is 23.6 Å². The van der Waals surface area contributed by atoms with E-state index in [9.17, 15) is 18.0 Å². The fraction of sp³-hybridized carbons (Fsp3) is 0.263. The van der Waals surface area contributed by atoms with Gasteiger partial charge in [-0.15, -0.1) is 0 Å². The Morgan fingerprint density at radius 3 is 2.75 bits per heavy atom. The van der Waals surface area contributed by atoms with Gasteiger partial charge in [0.1, 0.15) is 0 Å². The number of alkyl halides is 3. The molecule has 2 unspecified atom stereocenters. The van der Waals surface area contributed by atoms with Gasteiger partial charge in [-0.25, -0.2) is 9.97 Å². The third kappa shape index (κ3) is 3.60. The summed E-state index contributed by atoms with van der Waals surface area (Å²) in [6, 6.07) is 7.06. The number of benzene rings is 1. The van der Waals surface area contributed by atoms with Gasteiger partial charge in [0.05, 0.1) is 17.5 Å². The average molecular weight is 387 g/mol. The molecule has 4 rings (SSSR count). The molecule has 3 aromatic rings. The zero-order valence-electron chi connectivity index (χ0n) is 14.8. The van der Waals surface area contributed by atoms with Gasteiger partial charge in [-0.3, -0.25) is 14.8 Å². The zero-order valence-corrected chi connectivity index (χ0v) is 14.8. The number of nitrogens with one attached hydrogen (secondary N) is 1. The maximum Gasteiger partial charge on any atom is 0.416 e. The number of carbonyl (C=O) groups is 1. The molecule has 2 heterocycles. The van der Waals surface area contributed by atoms with Crippen molar-refractivity contribution in [2.24, 2.45) is 13.0 Å². The first-order valence-corrected chi connectivity index (χ1v) is 8.62. The van der Waals surface area contributed by atoms with E-state index in [1.54, 1.807) is 36.3 Å². The molecule has 2 atom stereocenters. The molecule has 1 aromatic carbocycles. The maximum absolute atomic E-state index is 13.2. The number of aromatic nitrogens is 4. The first-order valence-electron chi connectivity index (χ1n) is 8.62. The summed E-state index contributed by atoms with van der Waals surface area (Å²) in [5.74, 6) is -1.26. The highest BCUT2D eigenvalue weighted by Crippen LogP contribution is 2.51. The van der Waals surface area contributed by atoms with Crippen LogP contribution in [-0.4, -0.2) is 25.7 Å². The highest BCUT2D eigenvalue weighted by Gasteiger charge is 2.48. The second kappa shape index (κ2) is 6.74. The van der Waals surface area contributed by atoms with Crippen LogP contribution in [0.2, 0.25) is 0 Å². The van der Waals surface area contributed by atoms with Crippen molar-refractivity contribution in [1.82, 2.24) is 19.7 Å². The molecule has 0 spiro atoms. The molecule has 0 radical (unpaired) electrons. The minimum atomic E-state index is -4.44. The molecule has 144 valence electrons. The molecular weight excluding hydrogens is 371 g/mol. The van der Waals surface area contributed by atoms with E-state index in [1.807, 2.05) is 0 Å². The summed E-state index contributed by atoms with van der Waals surface area (Å²) >= 11 is 0. The molecule has 1 aliphatic carbocycles. The summed E-state index contributed by atoms with van der Waals surface area (Å²) in [6.45, 7) is 0. The van der Waals surface area contributed by atoms with E-state index >= 15 is 0 Å². The molecule has 0 bridgehead atoms. The quantitative estimate of drug-likeness (QED) is 0.742. The third-order valence-electron chi connectivity index (χ3n) is 4.68. The first-order chi connectivity index (χ1) is 13.3. The molecular formula is C19H16F3N5O. The molecule has 0 saturated heterocycles. The summed E-state index contributed by atoms with van der Waals surface area (Å²) in [5.41, 5.74) is 0.822. The Hall–Kier alpha value is -3.23. The standard InChI is InChI=1S/C19H16F3N5O/c1-27-10-11(9-24-27)16-6-7-23-18(25-16)26-17(28)14-8-13(14)12-4-2-3-5-15(12)19(20,21)22/h2-7,9-10,13-14H,8H2,1H3,(H,23,25,26,28). The SMILES string of the molecule is Cn1cc(-c2ccnc(NC(=O)C3CC3c3ccccc3C(F)(F)F)n2)cn1. The number of amides is 1. The van der Waals surface area contributed by atoms with Crippen LogP contribution in [0.1, 0.15) is 23.5 Å². The fourth-order valence-electron chi connectivity index (χ4n) is 3.24. The fourth-order valence-corrected chi connectivity index (χ4v) is 3.24. The van der Waals surface area contributed by atoms with Crippen molar-refractivity contribution in [1.29, 1.82) is 0 Å². The summed E-state index contributed by atoms with van der Waals surface area (Å²) in [4.78, 5) is 20.8. The minimum absolute atomic E-state index is 0.112. The molecule has 6 nitrogen and oxygen atoms in total. The van der Waals surface area contributed by atoms with Crippen LogP contribution in [0.5, 0.6) is 0 Å². The summed E-state index contributed by atoms with van der Waals surface area (Å²) < 4.78 is 41.2. The topological polar surface area (TPSA) is 72.7 Å². The monoisotopic (exact) mass is 387 g/mol. The maximum atomic E-state index is 13.2.